The monoisotopic (exact) mass is 241 g/mol. The maximum atomic E-state index is 12.0. The Morgan fingerprint density at radius 3 is 2.81 bits per heavy atom. The molecule has 1 atom stereocenters. The van der Waals surface area contributed by atoms with Crippen molar-refractivity contribution in [2.45, 2.75) is 26.3 Å². The SMILES string of the molecule is CC(Cn1cc(Cl)cn1)C(=O)N1CCCC1. The number of rotatable bonds is 3. The van der Waals surface area contributed by atoms with Gasteiger partial charge in [0.2, 0.25) is 5.91 Å². The first-order chi connectivity index (χ1) is 7.66. The predicted molar refractivity (Wildman–Crippen MR) is 62.2 cm³/mol. The van der Waals surface area contributed by atoms with Crippen LogP contribution < -0.4 is 0 Å². The molecule has 1 aromatic heterocycles. The zero-order chi connectivity index (χ0) is 11.5. The number of halogens is 1. The fourth-order valence-electron chi connectivity index (χ4n) is 2.05. The van der Waals surface area contributed by atoms with Gasteiger partial charge in [-0.15, -0.1) is 0 Å². The molecule has 0 N–H and O–H groups in total. The molecule has 1 aliphatic rings. The van der Waals surface area contributed by atoms with Crippen molar-refractivity contribution < 1.29 is 4.79 Å². The van der Waals surface area contributed by atoms with Gasteiger partial charge in [0.15, 0.2) is 0 Å². The third kappa shape index (κ3) is 2.55. The van der Waals surface area contributed by atoms with Gasteiger partial charge in [-0.1, -0.05) is 18.5 Å². The van der Waals surface area contributed by atoms with Crippen LogP contribution in [0.25, 0.3) is 0 Å². The molecule has 0 aliphatic carbocycles. The summed E-state index contributed by atoms with van der Waals surface area (Å²) in [5.74, 6) is 0.193. The summed E-state index contributed by atoms with van der Waals surface area (Å²) in [5, 5.41) is 4.69. The number of carbonyl (C=O) groups excluding carboxylic acids is 1. The molecule has 1 saturated heterocycles. The average molecular weight is 242 g/mol. The first-order valence-corrected chi connectivity index (χ1v) is 6.01. The molecule has 1 amide bonds. The van der Waals surface area contributed by atoms with Crippen LogP contribution in [0.1, 0.15) is 19.8 Å². The molecule has 16 heavy (non-hydrogen) atoms. The standard InChI is InChI=1S/C11H16ClN3O/c1-9(7-15-8-10(12)6-13-15)11(16)14-4-2-3-5-14/h6,8-9H,2-5,7H2,1H3. The summed E-state index contributed by atoms with van der Waals surface area (Å²) in [6.45, 7) is 4.35. The summed E-state index contributed by atoms with van der Waals surface area (Å²) in [4.78, 5) is 13.9. The molecule has 0 bridgehead atoms. The van der Waals surface area contributed by atoms with Gasteiger partial charge in [0, 0.05) is 19.3 Å². The largest absolute Gasteiger partial charge is 0.342 e. The van der Waals surface area contributed by atoms with Gasteiger partial charge in [0.05, 0.1) is 23.7 Å². The minimum Gasteiger partial charge on any atom is -0.342 e. The number of hydrogen-bond donors (Lipinski definition) is 0. The number of carbonyl (C=O) groups is 1. The third-order valence-corrected chi connectivity index (χ3v) is 3.10. The van der Waals surface area contributed by atoms with E-state index in [1.807, 2.05) is 11.8 Å². The third-order valence-electron chi connectivity index (χ3n) is 2.90. The Kier molecular flexibility index (Phi) is 3.49. The summed E-state index contributed by atoms with van der Waals surface area (Å²) in [7, 11) is 0. The second kappa shape index (κ2) is 4.87. The van der Waals surface area contributed by atoms with Crippen molar-refractivity contribution in [1.29, 1.82) is 0 Å². The number of amides is 1. The molecule has 0 radical (unpaired) electrons. The smallest absolute Gasteiger partial charge is 0.227 e. The van der Waals surface area contributed by atoms with Crippen LogP contribution in [0.5, 0.6) is 0 Å². The Morgan fingerprint density at radius 2 is 2.25 bits per heavy atom. The van der Waals surface area contributed by atoms with Gasteiger partial charge >= 0.3 is 0 Å². The van der Waals surface area contributed by atoms with Gasteiger partial charge in [-0.25, -0.2) is 0 Å². The molecule has 0 saturated carbocycles. The second-order valence-corrected chi connectivity index (χ2v) is 4.75. The van der Waals surface area contributed by atoms with E-state index < -0.39 is 0 Å². The Labute approximate surface area is 100 Å². The number of likely N-dealkylation sites (tertiary alicyclic amines) is 1. The van der Waals surface area contributed by atoms with Crippen molar-refractivity contribution in [3.05, 3.63) is 17.4 Å². The maximum absolute atomic E-state index is 12.0. The second-order valence-electron chi connectivity index (χ2n) is 4.31. The topological polar surface area (TPSA) is 38.1 Å². The fraction of sp³-hybridized carbons (Fsp3) is 0.636. The van der Waals surface area contributed by atoms with E-state index in [-0.39, 0.29) is 11.8 Å². The zero-order valence-electron chi connectivity index (χ0n) is 9.40. The summed E-state index contributed by atoms with van der Waals surface area (Å²) in [6, 6.07) is 0. The van der Waals surface area contributed by atoms with Crippen LogP contribution in [-0.4, -0.2) is 33.7 Å². The van der Waals surface area contributed by atoms with Crippen LogP contribution in [0, 0.1) is 5.92 Å². The van der Waals surface area contributed by atoms with Crippen molar-refractivity contribution in [1.82, 2.24) is 14.7 Å². The van der Waals surface area contributed by atoms with Gasteiger partial charge < -0.3 is 4.90 Å². The minimum absolute atomic E-state index is 0.0333. The summed E-state index contributed by atoms with van der Waals surface area (Å²) < 4.78 is 1.72. The highest BCUT2D eigenvalue weighted by Crippen LogP contribution is 2.14. The van der Waals surface area contributed by atoms with E-state index >= 15 is 0 Å². The van der Waals surface area contributed by atoms with E-state index in [2.05, 4.69) is 5.10 Å². The van der Waals surface area contributed by atoms with Gasteiger partial charge in [-0.05, 0) is 12.8 Å². The summed E-state index contributed by atoms with van der Waals surface area (Å²) >= 11 is 5.77. The molecule has 5 heteroatoms. The molecule has 1 aliphatic heterocycles. The van der Waals surface area contributed by atoms with E-state index in [0.29, 0.717) is 11.6 Å². The van der Waals surface area contributed by atoms with Gasteiger partial charge in [0.25, 0.3) is 0 Å². The highest BCUT2D eigenvalue weighted by molar-refractivity contribution is 6.30. The zero-order valence-corrected chi connectivity index (χ0v) is 10.2. The lowest BCUT2D eigenvalue weighted by molar-refractivity contribution is -0.134. The summed E-state index contributed by atoms with van der Waals surface area (Å²) in [6.07, 6.45) is 5.60. The molecule has 1 unspecified atom stereocenters. The maximum Gasteiger partial charge on any atom is 0.227 e. The molecular weight excluding hydrogens is 226 g/mol. The first-order valence-electron chi connectivity index (χ1n) is 5.63. The number of hydrogen-bond acceptors (Lipinski definition) is 2. The number of aromatic nitrogens is 2. The van der Waals surface area contributed by atoms with Crippen LogP contribution in [0.2, 0.25) is 5.02 Å². The molecular formula is C11H16ClN3O. The van der Waals surface area contributed by atoms with E-state index in [9.17, 15) is 4.79 Å². The molecule has 4 nitrogen and oxygen atoms in total. The Bertz CT molecular complexity index is 371. The summed E-state index contributed by atoms with van der Waals surface area (Å²) in [5.41, 5.74) is 0. The van der Waals surface area contributed by atoms with Crippen LogP contribution in [0.15, 0.2) is 12.4 Å². The lowest BCUT2D eigenvalue weighted by Gasteiger charge is -2.20. The van der Waals surface area contributed by atoms with E-state index in [4.69, 9.17) is 11.6 Å². The quantitative estimate of drug-likeness (QED) is 0.809. The van der Waals surface area contributed by atoms with Crippen LogP contribution in [0.4, 0.5) is 0 Å². The van der Waals surface area contributed by atoms with E-state index in [1.54, 1.807) is 17.1 Å². The Hall–Kier alpha value is -1.03. The average Bonchev–Trinajstić information content (AvgIpc) is 2.88. The highest BCUT2D eigenvalue weighted by atomic mass is 35.5. The fourth-order valence-corrected chi connectivity index (χ4v) is 2.20. The molecule has 0 aromatic carbocycles. The van der Waals surface area contributed by atoms with Crippen LogP contribution in [0.3, 0.4) is 0 Å². The molecule has 1 fully saturated rings. The molecule has 2 rings (SSSR count). The Balaban J connectivity index is 1.91. The number of nitrogens with zero attached hydrogens (tertiary/aromatic N) is 3. The van der Waals surface area contributed by atoms with Gasteiger partial charge in [0.1, 0.15) is 0 Å². The molecule has 0 spiro atoms. The van der Waals surface area contributed by atoms with E-state index in [1.165, 1.54) is 0 Å². The van der Waals surface area contributed by atoms with E-state index in [0.717, 1.165) is 25.9 Å². The molecule has 1 aromatic rings. The van der Waals surface area contributed by atoms with Crippen molar-refractivity contribution in [3.63, 3.8) is 0 Å². The van der Waals surface area contributed by atoms with Crippen molar-refractivity contribution in [2.24, 2.45) is 5.92 Å². The predicted octanol–water partition coefficient (Wildman–Crippen LogP) is 1.79. The Morgan fingerprint density at radius 1 is 1.56 bits per heavy atom. The van der Waals surface area contributed by atoms with Crippen molar-refractivity contribution in [2.75, 3.05) is 13.1 Å². The van der Waals surface area contributed by atoms with Crippen molar-refractivity contribution >= 4 is 17.5 Å². The highest BCUT2D eigenvalue weighted by Gasteiger charge is 2.23. The minimum atomic E-state index is -0.0333. The van der Waals surface area contributed by atoms with Gasteiger partial charge in [-0.2, -0.15) is 5.10 Å². The first kappa shape index (κ1) is 11.5. The molecule has 88 valence electrons. The van der Waals surface area contributed by atoms with Crippen LogP contribution >= 0.6 is 11.6 Å². The lowest BCUT2D eigenvalue weighted by Crippen LogP contribution is -2.34. The van der Waals surface area contributed by atoms with Crippen LogP contribution in [-0.2, 0) is 11.3 Å². The van der Waals surface area contributed by atoms with Crippen molar-refractivity contribution in [3.8, 4) is 0 Å². The molecule has 2 heterocycles. The van der Waals surface area contributed by atoms with Gasteiger partial charge in [-0.3, -0.25) is 9.48 Å². The lowest BCUT2D eigenvalue weighted by atomic mass is 10.1. The normalized spacial score (nSPS) is 17.8.